The molecule has 184 valence electrons. The lowest BCUT2D eigenvalue weighted by atomic mass is 10.0. The lowest BCUT2D eigenvalue weighted by molar-refractivity contribution is -0.139. The van der Waals surface area contributed by atoms with Gasteiger partial charge in [0.2, 0.25) is 11.8 Å². The fourth-order valence-electron chi connectivity index (χ4n) is 3.65. The van der Waals surface area contributed by atoms with Crippen LogP contribution in [0.5, 0.6) is 0 Å². The van der Waals surface area contributed by atoms with Crippen LogP contribution < -0.4 is 5.32 Å². The molecule has 7 heteroatoms. The number of amides is 2. The van der Waals surface area contributed by atoms with Gasteiger partial charge >= 0.3 is 0 Å². The highest BCUT2D eigenvalue weighted by Gasteiger charge is 2.30. The summed E-state index contributed by atoms with van der Waals surface area (Å²) < 4.78 is 1.02. The molecule has 3 aromatic rings. The van der Waals surface area contributed by atoms with E-state index < -0.39 is 6.04 Å². The first kappa shape index (κ1) is 27.3. The van der Waals surface area contributed by atoms with Crippen LogP contribution in [0.25, 0.3) is 0 Å². The van der Waals surface area contributed by atoms with Gasteiger partial charge in [-0.3, -0.25) is 9.59 Å². The molecule has 0 fully saturated rings. The van der Waals surface area contributed by atoms with Crippen molar-refractivity contribution in [3.8, 4) is 0 Å². The van der Waals surface area contributed by atoms with Crippen molar-refractivity contribution in [2.75, 3.05) is 12.3 Å². The first-order valence-corrected chi connectivity index (χ1v) is 14.0. The SMILES string of the molecule is CCCNC(=O)[C@@H](Cc1ccccc1)N(Cc1ccccc1Cl)C(=O)CSCc1ccc(Br)cc1. The number of benzene rings is 3. The average Bonchev–Trinajstić information content (AvgIpc) is 2.87. The second-order valence-electron chi connectivity index (χ2n) is 8.23. The Kier molecular flexibility index (Phi) is 11.2. The van der Waals surface area contributed by atoms with Crippen molar-refractivity contribution in [3.63, 3.8) is 0 Å². The van der Waals surface area contributed by atoms with Gasteiger partial charge in [0.1, 0.15) is 6.04 Å². The van der Waals surface area contributed by atoms with Gasteiger partial charge in [0.25, 0.3) is 0 Å². The number of thioether (sulfide) groups is 1. The van der Waals surface area contributed by atoms with Crippen LogP contribution in [0.3, 0.4) is 0 Å². The van der Waals surface area contributed by atoms with E-state index in [1.807, 2.05) is 85.8 Å². The molecule has 3 rings (SSSR count). The summed E-state index contributed by atoms with van der Waals surface area (Å²) in [6.07, 6.45) is 1.26. The third-order valence-corrected chi connectivity index (χ3v) is 7.41. The molecule has 1 N–H and O–H groups in total. The Morgan fingerprint density at radius 2 is 1.66 bits per heavy atom. The van der Waals surface area contributed by atoms with Gasteiger partial charge in [-0.15, -0.1) is 11.8 Å². The molecule has 0 aliphatic rings. The van der Waals surface area contributed by atoms with Crippen LogP contribution in [-0.4, -0.2) is 35.1 Å². The van der Waals surface area contributed by atoms with E-state index in [1.165, 1.54) is 0 Å². The molecule has 0 radical (unpaired) electrons. The minimum absolute atomic E-state index is 0.0837. The Morgan fingerprint density at radius 3 is 2.34 bits per heavy atom. The minimum Gasteiger partial charge on any atom is -0.354 e. The quantitative estimate of drug-likeness (QED) is 0.269. The lowest BCUT2D eigenvalue weighted by Crippen LogP contribution is -2.51. The largest absolute Gasteiger partial charge is 0.354 e. The Balaban J connectivity index is 1.83. The summed E-state index contributed by atoms with van der Waals surface area (Å²) in [5, 5.41) is 3.58. The lowest BCUT2D eigenvalue weighted by Gasteiger charge is -2.31. The van der Waals surface area contributed by atoms with Gasteiger partial charge < -0.3 is 10.2 Å². The molecule has 0 saturated carbocycles. The third kappa shape index (κ3) is 8.71. The van der Waals surface area contributed by atoms with E-state index in [9.17, 15) is 9.59 Å². The Labute approximate surface area is 225 Å². The molecular weight excluding hydrogens is 544 g/mol. The maximum Gasteiger partial charge on any atom is 0.243 e. The van der Waals surface area contributed by atoms with E-state index >= 15 is 0 Å². The van der Waals surface area contributed by atoms with Crippen LogP contribution in [0.2, 0.25) is 5.02 Å². The summed E-state index contributed by atoms with van der Waals surface area (Å²) in [6, 6.07) is 24.7. The maximum absolute atomic E-state index is 13.6. The second kappa shape index (κ2) is 14.3. The van der Waals surface area contributed by atoms with Crippen LogP contribution in [-0.2, 0) is 28.3 Å². The van der Waals surface area contributed by atoms with E-state index in [4.69, 9.17) is 11.6 Å². The molecule has 3 aromatic carbocycles. The Morgan fingerprint density at radius 1 is 0.971 bits per heavy atom. The van der Waals surface area contributed by atoms with Crippen LogP contribution in [0.15, 0.2) is 83.3 Å². The second-order valence-corrected chi connectivity index (χ2v) is 10.5. The molecule has 0 aromatic heterocycles. The fourth-order valence-corrected chi connectivity index (χ4v) is 4.98. The van der Waals surface area contributed by atoms with Gasteiger partial charge in [0.15, 0.2) is 0 Å². The smallest absolute Gasteiger partial charge is 0.243 e. The summed E-state index contributed by atoms with van der Waals surface area (Å²) >= 11 is 11.4. The van der Waals surface area contributed by atoms with Gasteiger partial charge in [-0.05, 0) is 41.3 Å². The van der Waals surface area contributed by atoms with E-state index in [2.05, 4.69) is 21.2 Å². The fraction of sp³-hybridized carbons (Fsp3) is 0.286. The number of carbonyl (C=O) groups excluding carboxylic acids is 2. The molecule has 4 nitrogen and oxygen atoms in total. The standard InChI is InChI=1S/C28H30BrClN2O2S/c1-2-16-31-28(34)26(17-21-8-4-3-5-9-21)32(18-23-10-6-7-11-25(23)30)27(33)20-35-19-22-12-14-24(29)15-13-22/h3-15,26H,2,16-20H2,1H3,(H,31,34)/t26-/m1/s1. The molecule has 0 heterocycles. The molecule has 0 aliphatic heterocycles. The van der Waals surface area contributed by atoms with E-state index in [0.29, 0.717) is 23.7 Å². The van der Waals surface area contributed by atoms with Crippen LogP contribution >= 0.6 is 39.3 Å². The van der Waals surface area contributed by atoms with Crippen molar-refractivity contribution in [1.82, 2.24) is 10.2 Å². The van der Waals surface area contributed by atoms with Crippen molar-refractivity contribution in [2.24, 2.45) is 0 Å². The first-order chi connectivity index (χ1) is 17.0. The molecule has 2 amide bonds. The monoisotopic (exact) mass is 572 g/mol. The number of rotatable bonds is 12. The summed E-state index contributed by atoms with van der Waals surface area (Å²) in [5.41, 5.74) is 2.97. The normalized spacial score (nSPS) is 11.6. The zero-order valence-corrected chi connectivity index (χ0v) is 22.9. The van der Waals surface area contributed by atoms with Gasteiger partial charge in [0.05, 0.1) is 5.75 Å². The summed E-state index contributed by atoms with van der Waals surface area (Å²) in [4.78, 5) is 28.6. The van der Waals surface area contributed by atoms with Crippen LogP contribution in [0.1, 0.15) is 30.0 Å². The molecule has 0 saturated heterocycles. The number of nitrogens with one attached hydrogen (secondary N) is 1. The van der Waals surface area contributed by atoms with Gasteiger partial charge in [0, 0.05) is 34.8 Å². The highest BCUT2D eigenvalue weighted by atomic mass is 79.9. The van der Waals surface area contributed by atoms with E-state index in [0.717, 1.165) is 27.6 Å². The number of carbonyl (C=O) groups is 2. The van der Waals surface area contributed by atoms with Crippen molar-refractivity contribution in [3.05, 3.63) is 105 Å². The van der Waals surface area contributed by atoms with Crippen molar-refractivity contribution >= 4 is 51.1 Å². The highest BCUT2D eigenvalue weighted by Crippen LogP contribution is 2.22. The van der Waals surface area contributed by atoms with Crippen molar-refractivity contribution in [1.29, 1.82) is 0 Å². The average molecular weight is 574 g/mol. The van der Waals surface area contributed by atoms with Gasteiger partial charge in [-0.25, -0.2) is 0 Å². The molecular formula is C28H30BrClN2O2S. The zero-order valence-electron chi connectivity index (χ0n) is 19.8. The molecule has 0 aliphatic carbocycles. The predicted octanol–water partition coefficient (Wildman–Crippen LogP) is 6.50. The van der Waals surface area contributed by atoms with Gasteiger partial charge in [-0.1, -0.05) is 95.1 Å². The topological polar surface area (TPSA) is 49.4 Å². The molecule has 0 bridgehead atoms. The number of nitrogens with zero attached hydrogens (tertiary/aromatic N) is 1. The predicted molar refractivity (Wildman–Crippen MR) is 150 cm³/mol. The van der Waals surface area contributed by atoms with Crippen molar-refractivity contribution in [2.45, 2.75) is 38.1 Å². The Bertz CT molecular complexity index is 1100. The van der Waals surface area contributed by atoms with Crippen LogP contribution in [0.4, 0.5) is 0 Å². The van der Waals surface area contributed by atoms with E-state index in [-0.39, 0.29) is 24.1 Å². The summed E-state index contributed by atoms with van der Waals surface area (Å²) in [5.74, 6) is 0.755. The molecule has 0 unspecified atom stereocenters. The van der Waals surface area contributed by atoms with E-state index in [1.54, 1.807) is 16.7 Å². The Hall–Kier alpha value is -2.28. The first-order valence-electron chi connectivity index (χ1n) is 11.6. The summed E-state index contributed by atoms with van der Waals surface area (Å²) in [6.45, 7) is 2.85. The third-order valence-electron chi connectivity index (χ3n) is 5.53. The maximum atomic E-state index is 13.6. The van der Waals surface area contributed by atoms with Gasteiger partial charge in [-0.2, -0.15) is 0 Å². The number of halogens is 2. The van der Waals surface area contributed by atoms with Crippen LogP contribution in [0, 0.1) is 0 Å². The highest BCUT2D eigenvalue weighted by molar-refractivity contribution is 9.10. The number of hydrogen-bond acceptors (Lipinski definition) is 3. The molecule has 1 atom stereocenters. The minimum atomic E-state index is -0.638. The molecule has 35 heavy (non-hydrogen) atoms. The van der Waals surface area contributed by atoms with Crippen molar-refractivity contribution < 1.29 is 9.59 Å². The summed E-state index contributed by atoms with van der Waals surface area (Å²) in [7, 11) is 0. The molecule has 0 spiro atoms. The zero-order chi connectivity index (χ0) is 25.0. The number of hydrogen-bond donors (Lipinski definition) is 1.